The fourth-order valence-corrected chi connectivity index (χ4v) is 1.35. The molecule has 0 fully saturated rings. The van der Waals surface area contributed by atoms with Gasteiger partial charge in [0.1, 0.15) is 0 Å². The molecule has 14 heavy (non-hydrogen) atoms. The SMILES string of the molecule is CCc1cccc(/C=C/CCCO)c1. The third-order valence-corrected chi connectivity index (χ3v) is 2.20. The van der Waals surface area contributed by atoms with Gasteiger partial charge in [-0.15, -0.1) is 0 Å². The molecule has 0 aliphatic heterocycles. The smallest absolute Gasteiger partial charge is 0.0433 e. The number of allylic oxidation sites excluding steroid dienone is 1. The van der Waals surface area contributed by atoms with E-state index in [9.17, 15) is 0 Å². The fraction of sp³-hybridized carbons (Fsp3) is 0.385. The lowest BCUT2D eigenvalue weighted by molar-refractivity contribution is 0.290. The van der Waals surface area contributed by atoms with Crippen molar-refractivity contribution in [3.8, 4) is 0 Å². The van der Waals surface area contributed by atoms with E-state index in [1.165, 1.54) is 11.1 Å². The Morgan fingerprint density at radius 3 is 2.93 bits per heavy atom. The summed E-state index contributed by atoms with van der Waals surface area (Å²) < 4.78 is 0. The molecule has 0 aliphatic carbocycles. The van der Waals surface area contributed by atoms with Crippen molar-refractivity contribution in [1.82, 2.24) is 0 Å². The average Bonchev–Trinajstić information content (AvgIpc) is 2.25. The average molecular weight is 190 g/mol. The van der Waals surface area contributed by atoms with Crippen LogP contribution in [0.15, 0.2) is 30.3 Å². The van der Waals surface area contributed by atoms with Crippen LogP contribution < -0.4 is 0 Å². The maximum atomic E-state index is 8.61. The van der Waals surface area contributed by atoms with Gasteiger partial charge >= 0.3 is 0 Å². The highest BCUT2D eigenvalue weighted by Gasteiger charge is 1.89. The lowest BCUT2D eigenvalue weighted by Crippen LogP contribution is -1.81. The van der Waals surface area contributed by atoms with E-state index in [0.29, 0.717) is 0 Å². The van der Waals surface area contributed by atoms with E-state index in [1.54, 1.807) is 0 Å². The van der Waals surface area contributed by atoms with Crippen LogP contribution in [-0.4, -0.2) is 11.7 Å². The van der Waals surface area contributed by atoms with Crippen LogP contribution in [0.25, 0.3) is 6.08 Å². The first kappa shape index (κ1) is 11.0. The van der Waals surface area contributed by atoms with E-state index < -0.39 is 0 Å². The summed E-state index contributed by atoms with van der Waals surface area (Å²) >= 11 is 0. The number of unbranched alkanes of at least 4 members (excludes halogenated alkanes) is 1. The minimum atomic E-state index is 0.277. The van der Waals surface area contributed by atoms with Gasteiger partial charge in [0, 0.05) is 6.61 Å². The van der Waals surface area contributed by atoms with Crippen LogP contribution in [0.3, 0.4) is 0 Å². The molecule has 0 atom stereocenters. The minimum absolute atomic E-state index is 0.277. The molecule has 1 rings (SSSR count). The lowest BCUT2D eigenvalue weighted by atomic mass is 10.1. The molecule has 1 aromatic carbocycles. The van der Waals surface area contributed by atoms with E-state index in [0.717, 1.165) is 19.3 Å². The van der Waals surface area contributed by atoms with Gasteiger partial charge < -0.3 is 5.11 Å². The number of rotatable bonds is 5. The predicted octanol–water partition coefficient (Wildman–Crippen LogP) is 3.03. The number of aryl methyl sites for hydroxylation is 1. The van der Waals surface area contributed by atoms with Crippen molar-refractivity contribution >= 4 is 6.08 Å². The van der Waals surface area contributed by atoms with Crippen molar-refractivity contribution in [2.45, 2.75) is 26.2 Å². The Morgan fingerprint density at radius 1 is 1.36 bits per heavy atom. The van der Waals surface area contributed by atoms with Crippen LogP contribution >= 0.6 is 0 Å². The maximum Gasteiger partial charge on any atom is 0.0433 e. The number of benzene rings is 1. The van der Waals surface area contributed by atoms with Gasteiger partial charge in [0.05, 0.1) is 0 Å². The van der Waals surface area contributed by atoms with E-state index in [-0.39, 0.29) is 6.61 Å². The molecule has 0 aromatic heterocycles. The second-order valence-electron chi connectivity index (χ2n) is 3.37. The Bertz CT molecular complexity index is 289. The quantitative estimate of drug-likeness (QED) is 0.707. The van der Waals surface area contributed by atoms with E-state index in [2.05, 4.69) is 43.3 Å². The molecule has 0 heterocycles. The largest absolute Gasteiger partial charge is 0.396 e. The molecule has 76 valence electrons. The van der Waals surface area contributed by atoms with Gasteiger partial charge in [-0.25, -0.2) is 0 Å². The second kappa shape index (κ2) is 6.39. The third-order valence-electron chi connectivity index (χ3n) is 2.20. The molecular weight excluding hydrogens is 172 g/mol. The van der Waals surface area contributed by atoms with Crippen molar-refractivity contribution in [3.05, 3.63) is 41.5 Å². The number of hydrogen-bond donors (Lipinski definition) is 1. The Hall–Kier alpha value is -1.08. The highest BCUT2D eigenvalue weighted by molar-refractivity contribution is 5.50. The fourth-order valence-electron chi connectivity index (χ4n) is 1.35. The van der Waals surface area contributed by atoms with Gasteiger partial charge in [-0.1, -0.05) is 43.3 Å². The Kier molecular flexibility index (Phi) is 5.02. The molecule has 0 unspecified atom stereocenters. The summed E-state index contributed by atoms with van der Waals surface area (Å²) in [6, 6.07) is 8.54. The molecule has 1 N–H and O–H groups in total. The maximum absolute atomic E-state index is 8.61. The van der Waals surface area contributed by atoms with Gasteiger partial charge in [-0.3, -0.25) is 0 Å². The van der Waals surface area contributed by atoms with Gasteiger partial charge in [-0.05, 0) is 30.4 Å². The van der Waals surface area contributed by atoms with Gasteiger partial charge in [0.2, 0.25) is 0 Å². The topological polar surface area (TPSA) is 20.2 Å². The summed E-state index contributed by atoms with van der Waals surface area (Å²) in [5.41, 5.74) is 2.62. The normalized spacial score (nSPS) is 11.0. The molecule has 0 amide bonds. The van der Waals surface area contributed by atoms with E-state index in [1.807, 2.05) is 0 Å². The standard InChI is InChI=1S/C13H18O/c1-2-12-8-6-9-13(11-12)7-4-3-5-10-14/h4,6-9,11,14H,2-3,5,10H2,1H3/b7-4+. The molecule has 0 saturated carbocycles. The van der Waals surface area contributed by atoms with Crippen LogP contribution in [0.2, 0.25) is 0 Å². The summed E-state index contributed by atoms with van der Waals surface area (Å²) in [4.78, 5) is 0. The molecule has 0 radical (unpaired) electrons. The molecule has 0 spiro atoms. The first-order chi connectivity index (χ1) is 6.86. The first-order valence-electron chi connectivity index (χ1n) is 5.23. The molecule has 1 heteroatoms. The van der Waals surface area contributed by atoms with Crippen LogP contribution in [0.4, 0.5) is 0 Å². The van der Waals surface area contributed by atoms with Crippen LogP contribution in [-0.2, 0) is 6.42 Å². The predicted molar refractivity (Wildman–Crippen MR) is 61.2 cm³/mol. The zero-order valence-electron chi connectivity index (χ0n) is 8.74. The van der Waals surface area contributed by atoms with Gasteiger partial charge in [0.15, 0.2) is 0 Å². The van der Waals surface area contributed by atoms with Crippen molar-refractivity contribution in [1.29, 1.82) is 0 Å². The van der Waals surface area contributed by atoms with Crippen molar-refractivity contribution in [2.24, 2.45) is 0 Å². The lowest BCUT2D eigenvalue weighted by Gasteiger charge is -1.98. The summed E-state index contributed by atoms with van der Waals surface area (Å²) in [7, 11) is 0. The van der Waals surface area contributed by atoms with Crippen LogP contribution in [0.5, 0.6) is 0 Å². The Labute approximate surface area is 86.1 Å². The number of aliphatic hydroxyl groups is 1. The molecule has 0 saturated heterocycles. The summed E-state index contributed by atoms with van der Waals surface area (Å²) in [6.45, 7) is 2.44. The Balaban J connectivity index is 2.53. The van der Waals surface area contributed by atoms with Gasteiger partial charge in [0.25, 0.3) is 0 Å². The molecule has 1 nitrogen and oxygen atoms in total. The molecule has 1 aromatic rings. The first-order valence-corrected chi connectivity index (χ1v) is 5.23. The zero-order chi connectivity index (χ0) is 10.2. The summed E-state index contributed by atoms with van der Waals surface area (Å²) in [5, 5.41) is 8.61. The molecule has 0 bridgehead atoms. The zero-order valence-corrected chi connectivity index (χ0v) is 8.74. The summed E-state index contributed by atoms with van der Waals surface area (Å²) in [6.07, 6.45) is 7.12. The van der Waals surface area contributed by atoms with Gasteiger partial charge in [-0.2, -0.15) is 0 Å². The van der Waals surface area contributed by atoms with Crippen molar-refractivity contribution < 1.29 is 5.11 Å². The van der Waals surface area contributed by atoms with Crippen molar-refractivity contribution in [3.63, 3.8) is 0 Å². The van der Waals surface area contributed by atoms with E-state index in [4.69, 9.17) is 5.11 Å². The van der Waals surface area contributed by atoms with Crippen molar-refractivity contribution in [2.75, 3.05) is 6.61 Å². The number of hydrogen-bond acceptors (Lipinski definition) is 1. The van der Waals surface area contributed by atoms with E-state index >= 15 is 0 Å². The second-order valence-corrected chi connectivity index (χ2v) is 3.37. The highest BCUT2D eigenvalue weighted by Crippen LogP contribution is 2.08. The Morgan fingerprint density at radius 2 is 2.21 bits per heavy atom. The van der Waals surface area contributed by atoms with Crippen LogP contribution in [0.1, 0.15) is 30.9 Å². The highest BCUT2D eigenvalue weighted by atomic mass is 16.2. The summed E-state index contributed by atoms with van der Waals surface area (Å²) in [5.74, 6) is 0. The molecular formula is C13H18O. The molecule has 0 aliphatic rings. The van der Waals surface area contributed by atoms with Crippen LogP contribution in [0, 0.1) is 0 Å². The number of aliphatic hydroxyl groups excluding tert-OH is 1. The monoisotopic (exact) mass is 190 g/mol. The third kappa shape index (κ3) is 3.75. The minimum Gasteiger partial charge on any atom is -0.396 e.